The molecule has 0 atom stereocenters. The van der Waals surface area contributed by atoms with Gasteiger partial charge in [-0.3, -0.25) is 9.69 Å². The van der Waals surface area contributed by atoms with Crippen molar-refractivity contribution in [2.24, 2.45) is 0 Å². The maximum atomic E-state index is 12.8. The van der Waals surface area contributed by atoms with Crippen LogP contribution in [0, 0.1) is 19.5 Å². The number of thioether (sulfide) groups is 1. The molecule has 0 radical (unpaired) electrons. The minimum atomic E-state index is -0.108. The minimum Gasteiger partial charge on any atom is -0.479 e. The summed E-state index contributed by atoms with van der Waals surface area (Å²) in [5.74, 6) is 3.12. The molecule has 0 spiro atoms. The van der Waals surface area contributed by atoms with Gasteiger partial charge in [-0.25, -0.2) is 0 Å². The third-order valence-corrected chi connectivity index (χ3v) is 6.33. The summed E-state index contributed by atoms with van der Waals surface area (Å²) in [6, 6.07) is 13.3. The average Bonchev–Trinajstić information content (AvgIpc) is 2.88. The van der Waals surface area contributed by atoms with Gasteiger partial charge in [-0.15, -0.1) is 6.42 Å². The third kappa shape index (κ3) is 4.24. The normalized spacial score (nSPS) is 15.4. The topological polar surface area (TPSA) is 29.5 Å². The van der Waals surface area contributed by atoms with Gasteiger partial charge in [0.05, 0.1) is 17.7 Å². The summed E-state index contributed by atoms with van der Waals surface area (Å²) in [7, 11) is 0. The van der Waals surface area contributed by atoms with Gasteiger partial charge >= 0.3 is 0 Å². The van der Waals surface area contributed by atoms with Crippen LogP contribution >= 0.6 is 69.2 Å². The van der Waals surface area contributed by atoms with Crippen LogP contribution in [-0.2, 0) is 4.79 Å². The highest BCUT2D eigenvalue weighted by molar-refractivity contribution is 14.1. The van der Waals surface area contributed by atoms with Crippen LogP contribution < -0.4 is 9.64 Å². The lowest BCUT2D eigenvalue weighted by atomic mass is 10.2. The number of terminal acetylenes is 1. The Labute approximate surface area is 188 Å². The highest BCUT2D eigenvalue weighted by Crippen LogP contribution is 2.37. The second-order valence-electron chi connectivity index (χ2n) is 5.16. The van der Waals surface area contributed by atoms with Gasteiger partial charge in [0, 0.05) is 0 Å². The van der Waals surface area contributed by atoms with E-state index in [1.807, 2.05) is 48.5 Å². The summed E-state index contributed by atoms with van der Waals surface area (Å²) in [5.41, 5.74) is 1.70. The van der Waals surface area contributed by atoms with Gasteiger partial charge in [-0.1, -0.05) is 48.1 Å². The molecule has 0 unspecified atom stereocenters. The SMILES string of the molecule is C#CCOc1c(I)cc(/C=C2/SC(=S)N(c3ccccc3)C2=O)cc1I. The highest BCUT2D eigenvalue weighted by atomic mass is 127. The van der Waals surface area contributed by atoms with Crippen LogP contribution in [0.2, 0.25) is 0 Å². The Morgan fingerprint density at radius 3 is 2.50 bits per heavy atom. The molecule has 3 rings (SSSR count). The number of halogens is 2. The quantitative estimate of drug-likeness (QED) is 0.205. The molecular formula is C19H11I2NO2S2. The molecule has 1 aliphatic heterocycles. The van der Waals surface area contributed by atoms with E-state index in [1.54, 1.807) is 4.90 Å². The average molecular weight is 603 g/mol. The molecule has 0 N–H and O–H groups in total. The van der Waals surface area contributed by atoms with Crippen LogP contribution in [-0.4, -0.2) is 16.8 Å². The first kappa shape index (κ1) is 19.7. The first-order valence-electron chi connectivity index (χ1n) is 7.39. The molecule has 7 heteroatoms. The van der Waals surface area contributed by atoms with Crippen LogP contribution in [0.3, 0.4) is 0 Å². The number of anilines is 1. The molecular weight excluding hydrogens is 592 g/mol. The number of hydrogen-bond donors (Lipinski definition) is 0. The summed E-state index contributed by atoms with van der Waals surface area (Å²) < 4.78 is 7.99. The molecule has 1 fully saturated rings. The number of hydrogen-bond acceptors (Lipinski definition) is 4. The van der Waals surface area contributed by atoms with Gasteiger partial charge in [0.1, 0.15) is 12.4 Å². The van der Waals surface area contributed by atoms with Gasteiger partial charge in [-0.05, 0) is 81.1 Å². The Balaban J connectivity index is 1.90. The Morgan fingerprint density at radius 2 is 1.88 bits per heavy atom. The lowest BCUT2D eigenvalue weighted by Crippen LogP contribution is -2.27. The van der Waals surface area contributed by atoms with Crippen molar-refractivity contribution < 1.29 is 9.53 Å². The fourth-order valence-corrected chi connectivity index (χ4v) is 5.76. The molecule has 0 bridgehead atoms. The number of rotatable bonds is 4. The van der Waals surface area contributed by atoms with E-state index in [9.17, 15) is 4.79 Å². The van der Waals surface area contributed by atoms with Gasteiger partial charge in [0.15, 0.2) is 4.32 Å². The first-order valence-corrected chi connectivity index (χ1v) is 10.8. The fourth-order valence-electron chi connectivity index (χ4n) is 2.33. The molecule has 0 aliphatic carbocycles. The number of amides is 1. The Bertz CT molecular complexity index is 929. The maximum Gasteiger partial charge on any atom is 0.270 e. The van der Waals surface area contributed by atoms with Gasteiger partial charge < -0.3 is 4.74 Å². The summed E-state index contributed by atoms with van der Waals surface area (Å²) in [5, 5.41) is 0. The molecule has 1 aliphatic rings. The van der Waals surface area contributed by atoms with E-state index in [4.69, 9.17) is 23.4 Å². The zero-order valence-electron chi connectivity index (χ0n) is 13.2. The minimum absolute atomic E-state index is 0.108. The smallest absolute Gasteiger partial charge is 0.270 e. The van der Waals surface area contributed by atoms with Crippen LogP contribution in [0.1, 0.15) is 5.56 Å². The van der Waals surface area contributed by atoms with Crippen molar-refractivity contribution in [1.29, 1.82) is 0 Å². The van der Waals surface area contributed by atoms with Crippen LogP contribution in [0.5, 0.6) is 5.75 Å². The standard InChI is InChI=1S/C19H11I2NO2S2/c1-2-8-24-17-14(20)9-12(10-15(17)21)11-16-18(23)22(19(25)26-16)13-6-4-3-5-7-13/h1,3-7,9-11H,8H2/b16-11+. The molecule has 26 heavy (non-hydrogen) atoms. The zero-order chi connectivity index (χ0) is 18.7. The second kappa shape index (κ2) is 8.73. The maximum absolute atomic E-state index is 12.8. The van der Waals surface area contributed by atoms with Crippen molar-refractivity contribution in [3.05, 3.63) is 60.1 Å². The predicted octanol–water partition coefficient (Wildman–Crippen LogP) is 5.31. The predicted molar refractivity (Wildman–Crippen MR) is 128 cm³/mol. The number of thiocarbonyl (C=S) groups is 1. The van der Waals surface area contributed by atoms with Crippen molar-refractivity contribution in [2.75, 3.05) is 11.5 Å². The van der Waals surface area contributed by atoms with Gasteiger partial charge in [-0.2, -0.15) is 0 Å². The van der Waals surface area contributed by atoms with Crippen molar-refractivity contribution in [3.63, 3.8) is 0 Å². The van der Waals surface area contributed by atoms with Crippen molar-refractivity contribution in [2.45, 2.75) is 0 Å². The van der Waals surface area contributed by atoms with E-state index < -0.39 is 0 Å². The monoisotopic (exact) mass is 603 g/mol. The second-order valence-corrected chi connectivity index (χ2v) is 9.16. The largest absolute Gasteiger partial charge is 0.479 e. The first-order chi connectivity index (χ1) is 12.5. The van der Waals surface area contributed by atoms with Gasteiger partial charge in [0.25, 0.3) is 5.91 Å². The summed E-state index contributed by atoms with van der Waals surface area (Å²) in [4.78, 5) is 15.0. The molecule has 1 amide bonds. The summed E-state index contributed by atoms with van der Waals surface area (Å²) >= 11 is 11.1. The molecule has 0 aromatic heterocycles. The number of ether oxygens (including phenoxy) is 1. The number of nitrogens with zero attached hydrogens (tertiary/aromatic N) is 1. The molecule has 1 heterocycles. The lowest BCUT2D eigenvalue weighted by Gasteiger charge is -2.13. The molecule has 1 saturated heterocycles. The number of para-hydroxylation sites is 1. The van der Waals surface area contributed by atoms with E-state index in [2.05, 4.69) is 51.1 Å². The van der Waals surface area contributed by atoms with E-state index >= 15 is 0 Å². The summed E-state index contributed by atoms with van der Waals surface area (Å²) in [6.45, 7) is 0.223. The molecule has 2 aromatic rings. The van der Waals surface area contributed by atoms with Gasteiger partial charge in [0.2, 0.25) is 0 Å². The summed E-state index contributed by atoms with van der Waals surface area (Å²) in [6.07, 6.45) is 7.12. The highest BCUT2D eigenvalue weighted by Gasteiger charge is 2.33. The molecule has 3 nitrogen and oxygen atoms in total. The molecule has 0 saturated carbocycles. The molecule has 2 aromatic carbocycles. The number of carbonyl (C=O) groups is 1. The fraction of sp³-hybridized carbons (Fsp3) is 0.0526. The number of carbonyl (C=O) groups excluding carboxylic acids is 1. The van der Waals surface area contributed by atoms with E-state index in [0.29, 0.717) is 9.23 Å². The van der Waals surface area contributed by atoms with Crippen LogP contribution in [0.15, 0.2) is 47.4 Å². The third-order valence-electron chi connectivity index (χ3n) is 3.43. The lowest BCUT2D eigenvalue weighted by molar-refractivity contribution is -0.113. The zero-order valence-corrected chi connectivity index (χ0v) is 19.2. The Hall–Kier alpha value is -1.09. The van der Waals surface area contributed by atoms with Crippen LogP contribution in [0.4, 0.5) is 5.69 Å². The van der Waals surface area contributed by atoms with E-state index in [1.165, 1.54) is 11.8 Å². The van der Waals surface area contributed by atoms with Crippen molar-refractivity contribution in [3.8, 4) is 18.1 Å². The van der Waals surface area contributed by atoms with Crippen molar-refractivity contribution >= 4 is 91.2 Å². The number of benzene rings is 2. The molecule has 130 valence electrons. The Kier molecular flexibility index (Phi) is 6.60. The Morgan fingerprint density at radius 1 is 1.23 bits per heavy atom. The van der Waals surface area contributed by atoms with E-state index in [0.717, 1.165) is 24.1 Å². The van der Waals surface area contributed by atoms with Crippen molar-refractivity contribution in [1.82, 2.24) is 0 Å². The van der Waals surface area contributed by atoms with Crippen LogP contribution in [0.25, 0.3) is 6.08 Å². The van der Waals surface area contributed by atoms with E-state index in [-0.39, 0.29) is 12.5 Å².